The molecular formula is C16H17Br2NO2. The first-order valence-corrected chi connectivity index (χ1v) is 8.27. The number of aliphatic hydroxyl groups is 1. The van der Waals surface area contributed by atoms with Crippen LogP contribution in [0.5, 0.6) is 5.75 Å². The Bertz CT molecular complexity index is 600. The molecule has 0 radical (unpaired) electrons. The van der Waals surface area contributed by atoms with Gasteiger partial charge in [0.2, 0.25) is 0 Å². The molecule has 112 valence electrons. The zero-order chi connectivity index (χ0) is 15.2. The van der Waals surface area contributed by atoms with E-state index in [-0.39, 0.29) is 6.61 Å². The van der Waals surface area contributed by atoms with Crippen molar-refractivity contribution in [2.45, 2.75) is 20.1 Å². The molecule has 0 bridgehead atoms. The summed E-state index contributed by atoms with van der Waals surface area (Å²) in [5, 5.41) is 12.4. The molecule has 0 heterocycles. The van der Waals surface area contributed by atoms with Crippen LogP contribution < -0.4 is 10.1 Å². The van der Waals surface area contributed by atoms with Crippen molar-refractivity contribution in [3.63, 3.8) is 0 Å². The van der Waals surface area contributed by atoms with Gasteiger partial charge in [0.15, 0.2) is 0 Å². The van der Waals surface area contributed by atoms with E-state index in [0.717, 1.165) is 31.5 Å². The summed E-state index contributed by atoms with van der Waals surface area (Å²) in [6.45, 7) is 3.32. The average Bonchev–Trinajstić information content (AvgIpc) is 2.48. The largest absolute Gasteiger partial charge is 0.492 e. The number of hydrogen-bond acceptors (Lipinski definition) is 3. The van der Waals surface area contributed by atoms with Crippen molar-refractivity contribution >= 4 is 37.5 Å². The molecule has 0 unspecified atom stereocenters. The van der Waals surface area contributed by atoms with Gasteiger partial charge in [-0.1, -0.05) is 28.1 Å². The number of hydrogen-bond donors (Lipinski definition) is 2. The molecule has 0 aliphatic rings. The third-order valence-corrected chi connectivity index (χ3v) is 4.04. The number of aliphatic hydroxyl groups excluding tert-OH is 1. The number of nitrogens with one attached hydrogen (secondary N) is 1. The zero-order valence-electron chi connectivity index (χ0n) is 11.7. The Kier molecular flexibility index (Phi) is 6.08. The number of ether oxygens (including phenoxy) is 1. The first-order valence-electron chi connectivity index (χ1n) is 6.68. The quantitative estimate of drug-likeness (QED) is 0.718. The number of benzene rings is 2. The molecule has 2 rings (SSSR count). The first kappa shape index (κ1) is 16.3. The second-order valence-electron chi connectivity index (χ2n) is 4.52. The van der Waals surface area contributed by atoms with E-state index in [1.54, 1.807) is 0 Å². The topological polar surface area (TPSA) is 41.5 Å². The molecule has 0 aliphatic carbocycles. The van der Waals surface area contributed by atoms with E-state index < -0.39 is 0 Å². The smallest absolute Gasteiger partial charge is 0.138 e. The van der Waals surface area contributed by atoms with Gasteiger partial charge in [-0.2, -0.15) is 0 Å². The van der Waals surface area contributed by atoms with Gasteiger partial charge in [0.05, 0.1) is 17.7 Å². The molecular weight excluding hydrogens is 398 g/mol. The standard InChI is InChI=1S/C16H17Br2NO2/c1-2-21-16-12(7-13(17)8-15(16)18)9-19-14-5-3-11(10-20)4-6-14/h3-8,19-20H,2,9-10H2,1H3. The Balaban J connectivity index is 2.14. The number of rotatable bonds is 6. The van der Waals surface area contributed by atoms with E-state index in [2.05, 4.69) is 37.2 Å². The van der Waals surface area contributed by atoms with Crippen molar-refractivity contribution in [2.75, 3.05) is 11.9 Å². The first-order chi connectivity index (χ1) is 10.1. The Hall–Kier alpha value is -1.04. The van der Waals surface area contributed by atoms with Crippen LogP contribution in [0.3, 0.4) is 0 Å². The molecule has 3 nitrogen and oxygen atoms in total. The summed E-state index contributed by atoms with van der Waals surface area (Å²) in [4.78, 5) is 0. The molecule has 0 saturated heterocycles. The van der Waals surface area contributed by atoms with Crippen LogP contribution >= 0.6 is 31.9 Å². The molecule has 0 aromatic heterocycles. The summed E-state index contributed by atoms with van der Waals surface area (Å²) in [5.41, 5.74) is 2.98. The van der Waals surface area contributed by atoms with Gasteiger partial charge in [0, 0.05) is 22.3 Å². The normalized spacial score (nSPS) is 10.5. The molecule has 0 atom stereocenters. The average molecular weight is 415 g/mol. The summed E-state index contributed by atoms with van der Waals surface area (Å²) < 4.78 is 7.65. The van der Waals surface area contributed by atoms with Gasteiger partial charge in [-0.25, -0.2) is 0 Å². The van der Waals surface area contributed by atoms with E-state index in [4.69, 9.17) is 9.84 Å². The van der Waals surface area contributed by atoms with Gasteiger partial charge in [0.25, 0.3) is 0 Å². The SMILES string of the molecule is CCOc1c(Br)cc(Br)cc1CNc1ccc(CO)cc1. The van der Waals surface area contributed by atoms with Crippen LogP contribution in [0.4, 0.5) is 5.69 Å². The highest BCUT2D eigenvalue weighted by molar-refractivity contribution is 9.11. The van der Waals surface area contributed by atoms with Gasteiger partial charge >= 0.3 is 0 Å². The van der Waals surface area contributed by atoms with E-state index in [9.17, 15) is 0 Å². The minimum Gasteiger partial charge on any atom is -0.492 e. The van der Waals surface area contributed by atoms with E-state index >= 15 is 0 Å². The molecule has 2 N–H and O–H groups in total. The van der Waals surface area contributed by atoms with E-state index in [1.807, 2.05) is 43.3 Å². The lowest BCUT2D eigenvalue weighted by molar-refractivity contribution is 0.282. The van der Waals surface area contributed by atoms with E-state index in [0.29, 0.717) is 13.2 Å². The lowest BCUT2D eigenvalue weighted by Crippen LogP contribution is -2.04. The summed E-state index contributed by atoms with van der Waals surface area (Å²) in [6, 6.07) is 11.7. The van der Waals surface area contributed by atoms with Crippen molar-refractivity contribution in [3.8, 4) is 5.75 Å². The fourth-order valence-corrected chi connectivity index (χ4v) is 3.40. The Morgan fingerprint density at radius 2 is 1.86 bits per heavy atom. The minimum atomic E-state index is 0.0628. The molecule has 0 amide bonds. The highest BCUT2D eigenvalue weighted by atomic mass is 79.9. The van der Waals surface area contributed by atoms with Gasteiger partial charge in [-0.3, -0.25) is 0 Å². The highest BCUT2D eigenvalue weighted by Gasteiger charge is 2.10. The Morgan fingerprint density at radius 3 is 2.48 bits per heavy atom. The highest BCUT2D eigenvalue weighted by Crippen LogP contribution is 2.33. The Morgan fingerprint density at radius 1 is 1.14 bits per heavy atom. The van der Waals surface area contributed by atoms with Crippen LogP contribution in [0, 0.1) is 0 Å². The number of anilines is 1. The van der Waals surface area contributed by atoms with Gasteiger partial charge in [0.1, 0.15) is 5.75 Å². The molecule has 2 aromatic rings. The monoisotopic (exact) mass is 413 g/mol. The zero-order valence-corrected chi connectivity index (χ0v) is 14.9. The maximum Gasteiger partial charge on any atom is 0.138 e. The Labute approximate surface area is 141 Å². The predicted molar refractivity (Wildman–Crippen MR) is 92.7 cm³/mol. The minimum absolute atomic E-state index is 0.0628. The van der Waals surface area contributed by atoms with Crippen molar-refractivity contribution in [1.29, 1.82) is 0 Å². The summed E-state index contributed by atoms with van der Waals surface area (Å²) >= 11 is 7.04. The summed E-state index contributed by atoms with van der Waals surface area (Å²) in [7, 11) is 0. The second kappa shape index (κ2) is 7.82. The fraction of sp³-hybridized carbons (Fsp3) is 0.250. The summed E-state index contributed by atoms with van der Waals surface area (Å²) in [6.07, 6.45) is 0. The predicted octanol–water partition coefficient (Wildman–Crippen LogP) is 4.71. The lowest BCUT2D eigenvalue weighted by Gasteiger charge is -2.14. The summed E-state index contributed by atoms with van der Waals surface area (Å²) in [5.74, 6) is 0.861. The van der Waals surface area contributed by atoms with Crippen molar-refractivity contribution in [2.24, 2.45) is 0 Å². The van der Waals surface area contributed by atoms with Gasteiger partial charge in [-0.15, -0.1) is 0 Å². The van der Waals surface area contributed by atoms with Crippen molar-refractivity contribution in [3.05, 3.63) is 56.5 Å². The van der Waals surface area contributed by atoms with Crippen LogP contribution in [0.1, 0.15) is 18.1 Å². The maximum atomic E-state index is 9.05. The molecule has 5 heteroatoms. The van der Waals surface area contributed by atoms with Crippen LogP contribution in [0.2, 0.25) is 0 Å². The van der Waals surface area contributed by atoms with Crippen molar-refractivity contribution in [1.82, 2.24) is 0 Å². The van der Waals surface area contributed by atoms with Crippen LogP contribution in [-0.4, -0.2) is 11.7 Å². The molecule has 0 spiro atoms. The molecule has 2 aromatic carbocycles. The maximum absolute atomic E-state index is 9.05. The number of halogens is 2. The third kappa shape index (κ3) is 4.46. The third-order valence-electron chi connectivity index (χ3n) is 2.99. The fourth-order valence-electron chi connectivity index (χ4n) is 1.98. The second-order valence-corrected chi connectivity index (χ2v) is 6.29. The molecule has 0 fully saturated rings. The molecule has 21 heavy (non-hydrogen) atoms. The van der Waals surface area contributed by atoms with Gasteiger partial charge < -0.3 is 15.2 Å². The van der Waals surface area contributed by atoms with E-state index in [1.165, 1.54) is 0 Å². The van der Waals surface area contributed by atoms with Crippen molar-refractivity contribution < 1.29 is 9.84 Å². The van der Waals surface area contributed by atoms with Crippen LogP contribution in [-0.2, 0) is 13.2 Å². The van der Waals surface area contributed by atoms with Crippen LogP contribution in [0.25, 0.3) is 0 Å². The van der Waals surface area contributed by atoms with Gasteiger partial charge in [-0.05, 0) is 52.7 Å². The molecule has 0 aliphatic heterocycles. The lowest BCUT2D eigenvalue weighted by atomic mass is 10.2. The molecule has 0 saturated carbocycles. The van der Waals surface area contributed by atoms with Crippen LogP contribution in [0.15, 0.2) is 45.3 Å².